The lowest BCUT2D eigenvalue weighted by Gasteiger charge is -2.23. The lowest BCUT2D eigenvalue weighted by molar-refractivity contribution is -0.137. The van der Waals surface area contributed by atoms with E-state index in [4.69, 9.17) is 5.11 Å². The summed E-state index contributed by atoms with van der Waals surface area (Å²) in [4.78, 5) is 23.6. The monoisotopic (exact) mass is 200 g/mol. The molecule has 2 amide bonds. The van der Waals surface area contributed by atoms with Crippen molar-refractivity contribution >= 4 is 12.0 Å². The maximum absolute atomic E-state index is 11.5. The highest BCUT2D eigenvalue weighted by molar-refractivity contribution is 5.76. The predicted molar refractivity (Wildman–Crippen MR) is 51.1 cm³/mol. The lowest BCUT2D eigenvalue weighted by atomic mass is 10.1. The number of urea groups is 1. The number of carbonyl (C=O) groups is 2. The van der Waals surface area contributed by atoms with E-state index in [0.29, 0.717) is 13.1 Å². The number of carboxylic acid groups (broad SMARTS) is 1. The molecule has 1 aliphatic heterocycles. The Hall–Kier alpha value is -1.26. The van der Waals surface area contributed by atoms with E-state index in [1.54, 1.807) is 4.90 Å². The Morgan fingerprint density at radius 2 is 2.29 bits per heavy atom. The third kappa shape index (κ3) is 2.61. The summed E-state index contributed by atoms with van der Waals surface area (Å²) in [6.45, 7) is 3.10. The zero-order valence-electron chi connectivity index (χ0n) is 8.32. The summed E-state index contributed by atoms with van der Waals surface area (Å²) >= 11 is 0. The molecule has 1 unspecified atom stereocenters. The molecule has 0 aromatic rings. The molecule has 0 bridgehead atoms. The Balaban J connectivity index is 2.50. The molecule has 80 valence electrons. The third-order valence-corrected chi connectivity index (χ3v) is 2.38. The minimum absolute atomic E-state index is 0.0527. The van der Waals surface area contributed by atoms with Crippen LogP contribution in [0.25, 0.3) is 0 Å². The Bertz CT molecular complexity index is 230. The summed E-state index contributed by atoms with van der Waals surface area (Å²) in [7, 11) is 0. The quantitative estimate of drug-likeness (QED) is 0.703. The third-order valence-electron chi connectivity index (χ3n) is 2.38. The van der Waals surface area contributed by atoms with E-state index in [2.05, 4.69) is 5.32 Å². The number of rotatable bonds is 3. The summed E-state index contributed by atoms with van der Waals surface area (Å²) in [5.74, 6) is -0.841. The van der Waals surface area contributed by atoms with E-state index < -0.39 is 5.97 Å². The van der Waals surface area contributed by atoms with Crippen LogP contribution in [0, 0.1) is 0 Å². The van der Waals surface area contributed by atoms with E-state index in [1.807, 2.05) is 6.92 Å². The van der Waals surface area contributed by atoms with Gasteiger partial charge in [-0.25, -0.2) is 4.79 Å². The van der Waals surface area contributed by atoms with Crippen LogP contribution < -0.4 is 5.32 Å². The van der Waals surface area contributed by atoms with Crippen LogP contribution in [-0.2, 0) is 4.79 Å². The minimum Gasteiger partial charge on any atom is -0.481 e. The first kappa shape index (κ1) is 10.8. The second-order valence-electron chi connectivity index (χ2n) is 3.42. The molecule has 0 saturated carbocycles. The Kier molecular flexibility index (Phi) is 3.73. The van der Waals surface area contributed by atoms with Crippen molar-refractivity contribution in [2.75, 3.05) is 13.1 Å². The van der Waals surface area contributed by atoms with E-state index in [9.17, 15) is 9.59 Å². The van der Waals surface area contributed by atoms with Crippen molar-refractivity contribution in [1.82, 2.24) is 10.2 Å². The van der Waals surface area contributed by atoms with Crippen LogP contribution in [0.15, 0.2) is 0 Å². The van der Waals surface area contributed by atoms with E-state index in [1.165, 1.54) is 0 Å². The van der Waals surface area contributed by atoms with Gasteiger partial charge in [-0.1, -0.05) is 0 Å². The number of amides is 2. The largest absolute Gasteiger partial charge is 0.481 e. The van der Waals surface area contributed by atoms with Crippen molar-refractivity contribution in [2.24, 2.45) is 0 Å². The zero-order chi connectivity index (χ0) is 10.6. The van der Waals surface area contributed by atoms with Crippen molar-refractivity contribution in [1.29, 1.82) is 0 Å². The highest BCUT2D eigenvalue weighted by atomic mass is 16.4. The number of aliphatic carboxylic acids is 1. The Morgan fingerprint density at radius 1 is 1.57 bits per heavy atom. The van der Waals surface area contributed by atoms with Crippen molar-refractivity contribution in [3.05, 3.63) is 0 Å². The average molecular weight is 200 g/mol. The molecule has 2 N–H and O–H groups in total. The van der Waals surface area contributed by atoms with Crippen LogP contribution in [0.5, 0.6) is 0 Å². The number of carbonyl (C=O) groups excluding carboxylic acids is 1. The maximum atomic E-state index is 11.5. The number of likely N-dealkylation sites (tertiary alicyclic amines) is 1. The molecule has 0 aromatic heterocycles. The first-order chi connectivity index (χ1) is 6.65. The average Bonchev–Trinajstić information content (AvgIpc) is 2.51. The van der Waals surface area contributed by atoms with Crippen LogP contribution in [0.4, 0.5) is 4.79 Å². The molecule has 0 radical (unpaired) electrons. The molecular weight excluding hydrogens is 184 g/mol. The van der Waals surface area contributed by atoms with Gasteiger partial charge in [-0.05, 0) is 19.8 Å². The fourth-order valence-electron chi connectivity index (χ4n) is 1.77. The molecule has 5 heteroatoms. The van der Waals surface area contributed by atoms with Gasteiger partial charge in [0.1, 0.15) is 0 Å². The van der Waals surface area contributed by atoms with Crippen LogP contribution in [0.2, 0.25) is 0 Å². The van der Waals surface area contributed by atoms with Crippen molar-refractivity contribution in [3.63, 3.8) is 0 Å². The fraction of sp³-hybridized carbons (Fsp3) is 0.778. The molecule has 0 spiro atoms. The first-order valence-electron chi connectivity index (χ1n) is 4.91. The van der Waals surface area contributed by atoms with Gasteiger partial charge in [0.2, 0.25) is 0 Å². The SMILES string of the molecule is CCNC(=O)N1CCCC1CC(=O)O. The van der Waals surface area contributed by atoms with Crippen LogP contribution in [0.3, 0.4) is 0 Å². The summed E-state index contributed by atoms with van der Waals surface area (Å²) in [5, 5.41) is 11.3. The molecule has 1 atom stereocenters. The summed E-state index contributed by atoms with van der Waals surface area (Å²) in [6.07, 6.45) is 1.75. The first-order valence-corrected chi connectivity index (χ1v) is 4.91. The van der Waals surface area contributed by atoms with Gasteiger partial charge in [-0.2, -0.15) is 0 Å². The minimum atomic E-state index is -0.841. The van der Waals surface area contributed by atoms with Gasteiger partial charge in [0, 0.05) is 19.1 Å². The number of hydrogen-bond acceptors (Lipinski definition) is 2. The molecule has 1 fully saturated rings. The molecule has 0 aliphatic carbocycles. The highest BCUT2D eigenvalue weighted by Crippen LogP contribution is 2.19. The van der Waals surface area contributed by atoms with E-state index in [0.717, 1.165) is 12.8 Å². The van der Waals surface area contributed by atoms with Gasteiger partial charge in [0.15, 0.2) is 0 Å². The van der Waals surface area contributed by atoms with Crippen molar-refractivity contribution < 1.29 is 14.7 Å². The molecular formula is C9H16N2O3. The molecule has 1 heterocycles. The Morgan fingerprint density at radius 3 is 2.86 bits per heavy atom. The normalized spacial score (nSPS) is 20.9. The van der Waals surface area contributed by atoms with Gasteiger partial charge < -0.3 is 15.3 Å². The highest BCUT2D eigenvalue weighted by Gasteiger charge is 2.29. The summed E-state index contributed by atoms with van der Waals surface area (Å²) in [5.41, 5.74) is 0. The van der Waals surface area contributed by atoms with Crippen molar-refractivity contribution in [2.45, 2.75) is 32.2 Å². The molecule has 5 nitrogen and oxygen atoms in total. The maximum Gasteiger partial charge on any atom is 0.317 e. The number of carboxylic acids is 1. The van der Waals surface area contributed by atoms with Crippen LogP contribution in [-0.4, -0.2) is 41.1 Å². The van der Waals surface area contributed by atoms with Gasteiger partial charge in [-0.3, -0.25) is 4.79 Å². The summed E-state index contributed by atoms with van der Waals surface area (Å²) < 4.78 is 0. The smallest absolute Gasteiger partial charge is 0.317 e. The van der Waals surface area contributed by atoms with Crippen LogP contribution in [0.1, 0.15) is 26.2 Å². The van der Waals surface area contributed by atoms with Crippen molar-refractivity contribution in [3.8, 4) is 0 Å². The standard InChI is InChI=1S/C9H16N2O3/c1-2-10-9(14)11-5-3-4-7(11)6-8(12)13/h7H,2-6H2,1H3,(H,10,14)(H,12,13). The molecule has 14 heavy (non-hydrogen) atoms. The van der Waals surface area contributed by atoms with Gasteiger partial charge in [-0.15, -0.1) is 0 Å². The second kappa shape index (κ2) is 4.83. The number of hydrogen-bond donors (Lipinski definition) is 2. The molecule has 1 aliphatic rings. The summed E-state index contributed by atoms with van der Waals surface area (Å²) in [6, 6.07) is -0.268. The molecule has 1 rings (SSSR count). The van der Waals surface area contributed by atoms with E-state index >= 15 is 0 Å². The lowest BCUT2D eigenvalue weighted by Crippen LogP contribution is -2.43. The topological polar surface area (TPSA) is 69.6 Å². The Labute approximate surface area is 83.1 Å². The number of nitrogens with zero attached hydrogens (tertiary/aromatic N) is 1. The molecule has 1 saturated heterocycles. The molecule has 0 aromatic carbocycles. The van der Waals surface area contributed by atoms with Crippen LogP contribution >= 0.6 is 0 Å². The second-order valence-corrected chi connectivity index (χ2v) is 3.42. The predicted octanol–water partition coefficient (Wildman–Crippen LogP) is 0.655. The van der Waals surface area contributed by atoms with Gasteiger partial charge in [0.05, 0.1) is 6.42 Å². The van der Waals surface area contributed by atoms with Gasteiger partial charge in [0.25, 0.3) is 0 Å². The zero-order valence-corrected chi connectivity index (χ0v) is 8.32. The fourth-order valence-corrected chi connectivity index (χ4v) is 1.77. The van der Waals surface area contributed by atoms with E-state index in [-0.39, 0.29) is 18.5 Å². The van der Waals surface area contributed by atoms with Gasteiger partial charge >= 0.3 is 12.0 Å². The number of nitrogens with one attached hydrogen (secondary N) is 1.